The van der Waals surface area contributed by atoms with E-state index in [9.17, 15) is 18.7 Å². The predicted octanol–water partition coefficient (Wildman–Crippen LogP) is 1.75. The Kier molecular flexibility index (Phi) is 3.78. The van der Waals surface area contributed by atoms with Crippen LogP contribution in [0.1, 0.15) is 28.4 Å². The second-order valence-electron chi connectivity index (χ2n) is 3.32. The number of rotatable bonds is 4. The number of hydrogen-bond donors (Lipinski definition) is 3. The maximum Gasteiger partial charge on any atom is 0.339 e. The molecular formula is C10H11F2NO3. The number of halogens is 2. The lowest BCUT2D eigenvalue weighted by atomic mass is 10.0. The smallest absolute Gasteiger partial charge is 0.339 e. The summed E-state index contributed by atoms with van der Waals surface area (Å²) >= 11 is 0. The van der Waals surface area contributed by atoms with E-state index in [-0.39, 0.29) is 11.1 Å². The zero-order chi connectivity index (χ0) is 12.3. The maximum absolute atomic E-state index is 12.1. The summed E-state index contributed by atoms with van der Waals surface area (Å²) in [5.74, 6) is -1.75. The molecule has 6 heteroatoms. The van der Waals surface area contributed by atoms with Crippen molar-refractivity contribution in [2.24, 2.45) is 5.73 Å². The quantitative estimate of drug-likeness (QED) is 0.737. The first kappa shape index (κ1) is 12.4. The van der Waals surface area contributed by atoms with Gasteiger partial charge in [0, 0.05) is 12.5 Å². The molecule has 0 heterocycles. The lowest BCUT2D eigenvalue weighted by molar-refractivity contribution is 0.0693. The van der Waals surface area contributed by atoms with E-state index in [2.05, 4.69) is 0 Å². The number of aromatic carboxylic acids is 1. The highest BCUT2D eigenvalue weighted by Gasteiger charge is 2.16. The normalized spacial score (nSPS) is 12.8. The van der Waals surface area contributed by atoms with Crippen molar-refractivity contribution in [2.45, 2.75) is 18.9 Å². The second-order valence-corrected chi connectivity index (χ2v) is 3.32. The van der Waals surface area contributed by atoms with Crippen molar-refractivity contribution in [1.29, 1.82) is 0 Å². The summed E-state index contributed by atoms with van der Waals surface area (Å²) in [5, 5.41) is 17.9. The molecule has 1 atom stereocenters. The van der Waals surface area contributed by atoms with Gasteiger partial charge >= 0.3 is 5.97 Å². The Morgan fingerprint density at radius 2 is 2.06 bits per heavy atom. The van der Waals surface area contributed by atoms with Crippen LogP contribution in [0.2, 0.25) is 0 Å². The van der Waals surface area contributed by atoms with Gasteiger partial charge in [-0.2, -0.15) is 0 Å². The maximum atomic E-state index is 12.1. The van der Waals surface area contributed by atoms with Crippen LogP contribution in [0.15, 0.2) is 18.2 Å². The van der Waals surface area contributed by atoms with Gasteiger partial charge in [-0.05, 0) is 17.7 Å². The summed E-state index contributed by atoms with van der Waals surface area (Å²) in [6.07, 6.45) is -3.11. The molecule has 1 aromatic rings. The highest BCUT2D eigenvalue weighted by atomic mass is 19.3. The topological polar surface area (TPSA) is 83.5 Å². The summed E-state index contributed by atoms with van der Waals surface area (Å²) in [6.45, 7) is 0. The zero-order valence-corrected chi connectivity index (χ0v) is 8.23. The molecule has 0 aliphatic heterocycles. The lowest BCUT2D eigenvalue weighted by Crippen LogP contribution is -2.14. The van der Waals surface area contributed by atoms with Crippen molar-refractivity contribution in [3.63, 3.8) is 0 Å². The SMILES string of the molecule is N[C@H](CC(F)F)c1ccc(O)c(C(=O)O)c1. The molecular weight excluding hydrogens is 220 g/mol. The van der Waals surface area contributed by atoms with Crippen LogP contribution >= 0.6 is 0 Å². The van der Waals surface area contributed by atoms with E-state index in [0.717, 1.165) is 12.1 Å². The van der Waals surface area contributed by atoms with Crippen molar-refractivity contribution in [1.82, 2.24) is 0 Å². The van der Waals surface area contributed by atoms with Gasteiger partial charge in [0.2, 0.25) is 6.43 Å². The van der Waals surface area contributed by atoms with Crippen LogP contribution in [0.3, 0.4) is 0 Å². The number of carbonyl (C=O) groups is 1. The van der Waals surface area contributed by atoms with Gasteiger partial charge in [-0.25, -0.2) is 13.6 Å². The molecule has 0 saturated carbocycles. The van der Waals surface area contributed by atoms with Gasteiger partial charge in [0.1, 0.15) is 11.3 Å². The minimum absolute atomic E-state index is 0.260. The largest absolute Gasteiger partial charge is 0.507 e. The van der Waals surface area contributed by atoms with Gasteiger partial charge in [-0.3, -0.25) is 0 Å². The predicted molar refractivity (Wildman–Crippen MR) is 52.6 cm³/mol. The van der Waals surface area contributed by atoms with E-state index in [1.807, 2.05) is 0 Å². The van der Waals surface area contributed by atoms with E-state index < -0.39 is 30.6 Å². The molecule has 0 fully saturated rings. The van der Waals surface area contributed by atoms with Crippen molar-refractivity contribution in [3.05, 3.63) is 29.3 Å². The van der Waals surface area contributed by atoms with Crippen LogP contribution in [0.4, 0.5) is 8.78 Å². The summed E-state index contributed by atoms with van der Waals surface area (Å²) in [6, 6.07) is 2.61. The van der Waals surface area contributed by atoms with Crippen LogP contribution in [-0.4, -0.2) is 22.6 Å². The van der Waals surface area contributed by atoms with Crippen LogP contribution in [0, 0.1) is 0 Å². The standard InChI is InChI=1S/C10H11F2NO3/c11-9(12)4-7(13)5-1-2-8(14)6(3-5)10(15)16/h1-3,7,9,14H,4,13H2,(H,15,16)/t7-/m1/s1. The highest BCUT2D eigenvalue weighted by molar-refractivity contribution is 5.90. The number of carboxylic acid groups (broad SMARTS) is 1. The van der Waals surface area contributed by atoms with E-state index in [1.54, 1.807) is 0 Å². The van der Waals surface area contributed by atoms with E-state index in [0.29, 0.717) is 0 Å². The van der Waals surface area contributed by atoms with Crippen molar-refractivity contribution < 1.29 is 23.8 Å². The van der Waals surface area contributed by atoms with Gasteiger partial charge in [0.05, 0.1) is 0 Å². The van der Waals surface area contributed by atoms with E-state index in [1.165, 1.54) is 6.07 Å². The fraction of sp³-hybridized carbons (Fsp3) is 0.300. The van der Waals surface area contributed by atoms with Crippen LogP contribution in [0.5, 0.6) is 5.75 Å². The van der Waals surface area contributed by atoms with Gasteiger partial charge < -0.3 is 15.9 Å². The molecule has 0 saturated heterocycles. The molecule has 0 amide bonds. The number of carboxylic acids is 1. The molecule has 0 aromatic heterocycles. The molecule has 1 rings (SSSR count). The minimum Gasteiger partial charge on any atom is -0.507 e. The Morgan fingerprint density at radius 1 is 1.44 bits per heavy atom. The second kappa shape index (κ2) is 4.89. The van der Waals surface area contributed by atoms with Gasteiger partial charge in [-0.15, -0.1) is 0 Å². The van der Waals surface area contributed by atoms with E-state index in [4.69, 9.17) is 10.8 Å². The Hall–Kier alpha value is -1.69. The van der Waals surface area contributed by atoms with Crippen LogP contribution in [0.25, 0.3) is 0 Å². The van der Waals surface area contributed by atoms with E-state index >= 15 is 0 Å². The molecule has 88 valence electrons. The van der Waals surface area contributed by atoms with Crippen LogP contribution < -0.4 is 5.73 Å². The van der Waals surface area contributed by atoms with Gasteiger partial charge in [0.15, 0.2) is 0 Å². The fourth-order valence-corrected chi connectivity index (χ4v) is 1.28. The third kappa shape index (κ3) is 2.90. The Bertz CT molecular complexity index is 396. The molecule has 0 aliphatic rings. The molecule has 0 unspecified atom stereocenters. The number of alkyl halides is 2. The molecule has 0 radical (unpaired) electrons. The first-order valence-corrected chi connectivity index (χ1v) is 4.51. The Morgan fingerprint density at radius 3 is 2.56 bits per heavy atom. The molecule has 0 spiro atoms. The number of benzene rings is 1. The number of aromatic hydroxyl groups is 1. The van der Waals surface area contributed by atoms with Gasteiger partial charge in [0.25, 0.3) is 0 Å². The summed E-state index contributed by atoms with van der Waals surface area (Å²) in [5.41, 5.74) is 5.38. The van der Waals surface area contributed by atoms with Crippen molar-refractivity contribution in [3.8, 4) is 5.75 Å². The molecule has 0 aliphatic carbocycles. The number of hydrogen-bond acceptors (Lipinski definition) is 3. The number of nitrogens with two attached hydrogens (primary N) is 1. The highest BCUT2D eigenvalue weighted by Crippen LogP contribution is 2.24. The minimum atomic E-state index is -2.56. The van der Waals surface area contributed by atoms with Crippen molar-refractivity contribution in [2.75, 3.05) is 0 Å². The molecule has 0 bridgehead atoms. The average molecular weight is 231 g/mol. The Balaban J connectivity index is 2.98. The fourth-order valence-electron chi connectivity index (χ4n) is 1.28. The number of phenols is 1. The van der Waals surface area contributed by atoms with Crippen molar-refractivity contribution >= 4 is 5.97 Å². The third-order valence-electron chi connectivity index (χ3n) is 2.11. The molecule has 4 N–H and O–H groups in total. The zero-order valence-electron chi connectivity index (χ0n) is 8.23. The molecule has 16 heavy (non-hydrogen) atoms. The molecule has 1 aromatic carbocycles. The lowest BCUT2D eigenvalue weighted by Gasteiger charge is -2.12. The molecule has 4 nitrogen and oxygen atoms in total. The summed E-state index contributed by atoms with van der Waals surface area (Å²) in [4.78, 5) is 10.7. The Labute approximate surface area is 90.3 Å². The van der Waals surface area contributed by atoms with Crippen LogP contribution in [-0.2, 0) is 0 Å². The van der Waals surface area contributed by atoms with Gasteiger partial charge in [-0.1, -0.05) is 6.07 Å². The average Bonchev–Trinajstić information content (AvgIpc) is 2.16. The third-order valence-corrected chi connectivity index (χ3v) is 2.11. The first-order chi connectivity index (χ1) is 7.41. The summed E-state index contributed by atoms with van der Waals surface area (Å²) in [7, 11) is 0. The first-order valence-electron chi connectivity index (χ1n) is 4.51. The monoisotopic (exact) mass is 231 g/mol. The summed E-state index contributed by atoms with van der Waals surface area (Å²) < 4.78 is 24.1.